The van der Waals surface area contributed by atoms with Crippen LogP contribution < -0.4 is 10.0 Å². The predicted molar refractivity (Wildman–Crippen MR) is 121 cm³/mol. The second-order valence-corrected chi connectivity index (χ2v) is 10.3. The number of halogens is 1. The van der Waals surface area contributed by atoms with Crippen molar-refractivity contribution in [1.29, 1.82) is 0 Å². The van der Waals surface area contributed by atoms with Crippen LogP contribution in [0, 0.1) is 6.92 Å². The molecule has 1 aliphatic heterocycles. The fraction of sp³-hybridized carbons (Fsp3) is 0.174. The van der Waals surface area contributed by atoms with E-state index in [2.05, 4.69) is 26.0 Å². The molecule has 30 heavy (non-hydrogen) atoms. The highest BCUT2D eigenvalue weighted by molar-refractivity contribution is 9.10. The van der Waals surface area contributed by atoms with Gasteiger partial charge in [-0.1, -0.05) is 64.0 Å². The van der Waals surface area contributed by atoms with Gasteiger partial charge in [0, 0.05) is 10.2 Å². The molecule has 2 atom stereocenters. The molecular formula is C23H21BrN2O3S. The van der Waals surface area contributed by atoms with Crippen LogP contribution in [0.2, 0.25) is 0 Å². The first-order valence-corrected chi connectivity index (χ1v) is 11.7. The molecule has 5 nitrogen and oxygen atoms in total. The number of fused-ring (bicyclic) bond motifs is 1. The van der Waals surface area contributed by atoms with Gasteiger partial charge in [0.05, 0.1) is 16.4 Å². The van der Waals surface area contributed by atoms with E-state index in [9.17, 15) is 13.2 Å². The van der Waals surface area contributed by atoms with Gasteiger partial charge in [-0.05, 0) is 55.3 Å². The number of hydrogen-bond donors (Lipinski definition) is 2. The van der Waals surface area contributed by atoms with Crippen molar-refractivity contribution in [2.45, 2.75) is 30.2 Å². The Bertz CT molecular complexity index is 1210. The third-order valence-corrected chi connectivity index (χ3v) is 7.56. The zero-order chi connectivity index (χ0) is 21.5. The number of benzene rings is 3. The Morgan fingerprint density at radius 2 is 1.60 bits per heavy atom. The van der Waals surface area contributed by atoms with Crippen molar-refractivity contribution < 1.29 is 13.2 Å². The highest BCUT2D eigenvalue weighted by atomic mass is 79.9. The first-order valence-electron chi connectivity index (χ1n) is 9.47. The molecule has 1 amide bonds. The summed E-state index contributed by atoms with van der Waals surface area (Å²) in [6, 6.07) is 20.5. The van der Waals surface area contributed by atoms with Gasteiger partial charge in [-0.15, -0.1) is 0 Å². The van der Waals surface area contributed by atoms with Gasteiger partial charge in [0.2, 0.25) is 15.9 Å². The van der Waals surface area contributed by atoms with E-state index in [0.29, 0.717) is 11.3 Å². The maximum Gasteiger partial charge on any atom is 0.241 e. The quantitative estimate of drug-likeness (QED) is 0.551. The summed E-state index contributed by atoms with van der Waals surface area (Å²) in [6.45, 7) is 3.67. The van der Waals surface area contributed by atoms with E-state index >= 15 is 0 Å². The molecular weight excluding hydrogens is 464 g/mol. The SMILES string of the molecule is Cc1ccc(S(=O)(=O)N[C@@H](c2ccc(Br)cc2)[C@@]2(C)C(=O)Nc3ccccc32)cc1. The maximum absolute atomic E-state index is 13.3. The van der Waals surface area contributed by atoms with Crippen molar-refractivity contribution in [3.8, 4) is 0 Å². The Balaban J connectivity index is 1.85. The predicted octanol–water partition coefficient (Wildman–Crippen LogP) is 4.69. The third-order valence-electron chi connectivity index (χ3n) is 5.59. The smallest absolute Gasteiger partial charge is 0.241 e. The summed E-state index contributed by atoms with van der Waals surface area (Å²) in [7, 11) is -3.88. The van der Waals surface area contributed by atoms with E-state index in [1.165, 1.54) is 0 Å². The minimum Gasteiger partial charge on any atom is -0.325 e. The highest BCUT2D eigenvalue weighted by Crippen LogP contribution is 2.46. The van der Waals surface area contributed by atoms with Crippen molar-refractivity contribution in [1.82, 2.24) is 4.72 Å². The number of aryl methyl sites for hydroxylation is 1. The average Bonchev–Trinajstić information content (AvgIpc) is 2.98. The van der Waals surface area contributed by atoms with Crippen LogP contribution in [-0.2, 0) is 20.2 Å². The van der Waals surface area contributed by atoms with Crippen LogP contribution in [0.15, 0.2) is 82.2 Å². The molecule has 0 radical (unpaired) electrons. The minimum atomic E-state index is -3.88. The standard InChI is InChI=1S/C23H21BrN2O3S/c1-15-7-13-18(14-8-15)30(28,29)26-21(16-9-11-17(24)12-10-16)23(2)19-5-3-4-6-20(19)25-22(23)27/h3-14,21,26H,1-2H3,(H,25,27)/t21-,23-/m0/s1. The van der Waals surface area contributed by atoms with Gasteiger partial charge in [0.25, 0.3) is 0 Å². The Morgan fingerprint density at radius 1 is 0.967 bits per heavy atom. The second-order valence-electron chi connectivity index (χ2n) is 7.62. The van der Waals surface area contributed by atoms with Crippen molar-refractivity contribution in [3.63, 3.8) is 0 Å². The van der Waals surface area contributed by atoms with Crippen LogP contribution in [0.5, 0.6) is 0 Å². The summed E-state index contributed by atoms with van der Waals surface area (Å²) < 4.78 is 30.2. The lowest BCUT2D eigenvalue weighted by Crippen LogP contribution is -2.46. The molecule has 0 spiro atoms. The summed E-state index contributed by atoms with van der Waals surface area (Å²) in [5.74, 6) is -0.247. The molecule has 0 unspecified atom stereocenters. The number of para-hydroxylation sites is 1. The molecule has 3 aromatic rings. The number of nitrogens with one attached hydrogen (secondary N) is 2. The van der Waals surface area contributed by atoms with E-state index in [4.69, 9.17) is 0 Å². The van der Waals surface area contributed by atoms with Gasteiger partial charge >= 0.3 is 0 Å². The largest absolute Gasteiger partial charge is 0.325 e. The monoisotopic (exact) mass is 484 g/mol. The number of carbonyl (C=O) groups excluding carboxylic acids is 1. The molecule has 0 fully saturated rings. The van der Waals surface area contributed by atoms with Crippen LogP contribution in [-0.4, -0.2) is 14.3 Å². The summed E-state index contributed by atoms with van der Waals surface area (Å²) in [5, 5.41) is 2.90. The number of amides is 1. The van der Waals surface area contributed by atoms with E-state index in [1.807, 2.05) is 55.5 Å². The number of anilines is 1. The first kappa shape index (κ1) is 20.8. The van der Waals surface area contributed by atoms with Gasteiger partial charge in [0.1, 0.15) is 0 Å². The molecule has 1 aliphatic rings. The van der Waals surface area contributed by atoms with E-state index < -0.39 is 21.5 Å². The molecule has 0 aromatic heterocycles. The Hall–Kier alpha value is -2.48. The van der Waals surface area contributed by atoms with Crippen molar-refractivity contribution in [2.75, 3.05) is 5.32 Å². The van der Waals surface area contributed by atoms with Gasteiger partial charge < -0.3 is 5.32 Å². The van der Waals surface area contributed by atoms with Crippen LogP contribution in [0.3, 0.4) is 0 Å². The van der Waals surface area contributed by atoms with Crippen molar-refractivity contribution >= 4 is 37.5 Å². The van der Waals surface area contributed by atoms with Crippen molar-refractivity contribution in [3.05, 3.63) is 94.0 Å². The second kappa shape index (κ2) is 7.65. The average molecular weight is 485 g/mol. The Morgan fingerprint density at radius 3 is 2.27 bits per heavy atom. The summed E-state index contributed by atoms with van der Waals surface area (Å²) in [4.78, 5) is 13.3. The fourth-order valence-electron chi connectivity index (χ4n) is 3.82. The Kier molecular flexibility index (Phi) is 5.30. The van der Waals surface area contributed by atoms with Crippen LogP contribution in [0.4, 0.5) is 5.69 Å². The molecule has 0 bridgehead atoms. The highest BCUT2D eigenvalue weighted by Gasteiger charge is 2.50. The van der Waals surface area contributed by atoms with Gasteiger partial charge in [-0.2, -0.15) is 0 Å². The van der Waals surface area contributed by atoms with Crippen LogP contribution in [0.1, 0.15) is 29.7 Å². The zero-order valence-electron chi connectivity index (χ0n) is 16.5. The molecule has 0 saturated carbocycles. The van der Waals surface area contributed by atoms with Crippen LogP contribution in [0.25, 0.3) is 0 Å². The molecule has 2 N–H and O–H groups in total. The zero-order valence-corrected chi connectivity index (χ0v) is 18.9. The topological polar surface area (TPSA) is 75.3 Å². The van der Waals surface area contributed by atoms with E-state index in [0.717, 1.165) is 15.6 Å². The van der Waals surface area contributed by atoms with Gasteiger partial charge in [0.15, 0.2) is 0 Å². The number of rotatable bonds is 5. The molecule has 7 heteroatoms. The molecule has 4 rings (SSSR count). The molecule has 0 saturated heterocycles. The fourth-order valence-corrected chi connectivity index (χ4v) is 5.40. The summed E-state index contributed by atoms with van der Waals surface area (Å²) >= 11 is 3.42. The summed E-state index contributed by atoms with van der Waals surface area (Å²) in [5.41, 5.74) is 2.00. The molecule has 3 aromatic carbocycles. The summed E-state index contributed by atoms with van der Waals surface area (Å²) in [6.07, 6.45) is 0. The lowest BCUT2D eigenvalue weighted by Gasteiger charge is -2.33. The van der Waals surface area contributed by atoms with Crippen LogP contribution >= 0.6 is 15.9 Å². The van der Waals surface area contributed by atoms with Gasteiger partial charge in [-0.3, -0.25) is 4.79 Å². The Labute approximate surface area is 184 Å². The maximum atomic E-state index is 13.3. The number of sulfonamides is 1. The molecule has 154 valence electrons. The lowest BCUT2D eigenvalue weighted by molar-refractivity contribution is -0.121. The van der Waals surface area contributed by atoms with Crippen molar-refractivity contribution in [2.24, 2.45) is 0 Å². The van der Waals surface area contributed by atoms with Gasteiger partial charge in [-0.25, -0.2) is 13.1 Å². The third kappa shape index (κ3) is 3.57. The molecule has 1 heterocycles. The number of hydrogen-bond acceptors (Lipinski definition) is 3. The first-order chi connectivity index (χ1) is 14.2. The van der Waals surface area contributed by atoms with E-state index in [-0.39, 0.29) is 10.8 Å². The number of carbonyl (C=O) groups is 1. The lowest BCUT2D eigenvalue weighted by atomic mass is 9.74. The molecule has 0 aliphatic carbocycles. The minimum absolute atomic E-state index is 0.158. The normalized spacial score (nSPS) is 19.2. The van der Waals surface area contributed by atoms with E-state index in [1.54, 1.807) is 31.2 Å².